The molecule has 3 amide bonds. The average molecular weight is 495 g/mol. The summed E-state index contributed by atoms with van der Waals surface area (Å²) in [5.74, 6) is -4.79. The molecule has 4 atom stereocenters. The molecule has 1 saturated heterocycles. The molecule has 35 heavy (non-hydrogen) atoms. The first-order chi connectivity index (χ1) is 16.5. The number of hydrogen-bond donors (Lipinski definition) is 7. The van der Waals surface area contributed by atoms with Crippen LogP contribution < -0.4 is 16.4 Å². The van der Waals surface area contributed by atoms with Crippen LogP contribution in [-0.2, 0) is 30.4 Å². The van der Waals surface area contributed by atoms with Gasteiger partial charge in [-0.1, -0.05) is 12.1 Å². The Kier molecular flexibility index (Phi) is 9.97. The van der Waals surface area contributed by atoms with Gasteiger partial charge in [-0.15, -0.1) is 0 Å². The summed E-state index contributed by atoms with van der Waals surface area (Å²) in [6.45, 7) is -0.349. The van der Waals surface area contributed by atoms with Gasteiger partial charge < -0.3 is 41.7 Å². The van der Waals surface area contributed by atoms with E-state index < -0.39 is 66.9 Å². The average Bonchev–Trinajstić information content (AvgIpc) is 3.31. The maximum atomic E-state index is 13.0. The number of aliphatic hydroxyl groups excluding tert-OH is 1. The smallest absolute Gasteiger partial charge is 0.326 e. The number of nitrogens with two attached hydrogens (primary N) is 1. The Hall–Kier alpha value is -3.71. The van der Waals surface area contributed by atoms with Gasteiger partial charge in [-0.25, -0.2) is 4.79 Å². The highest BCUT2D eigenvalue weighted by Crippen LogP contribution is 2.19. The van der Waals surface area contributed by atoms with Crippen LogP contribution in [0.15, 0.2) is 24.3 Å². The lowest BCUT2D eigenvalue weighted by Gasteiger charge is -2.28. The third-order valence-electron chi connectivity index (χ3n) is 5.62. The van der Waals surface area contributed by atoms with Crippen LogP contribution in [0, 0.1) is 0 Å². The van der Waals surface area contributed by atoms with Crippen molar-refractivity contribution in [3.63, 3.8) is 0 Å². The number of benzene rings is 1. The molecule has 13 heteroatoms. The van der Waals surface area contributed by atoms with Crippen LogP contribution >= 0.6 is 0 Å². The third kappa shape index (κ3) is 7.93. The van der Waals surface area contributed by atoms with Crippen molar-refractivity contribution in [3.8, 4) is 5.75 Å². The molecule has 0 bridgehead atoms. The number of amides is 3. The Morgan fingerprint density at radius 3 is 2.29 bits per heavy atom. The molecular formula is C22H30N4O9. The molecule has 1 aromatic rings. The number of carboxylic acid groups (broad SMARTS) is 2. The van der Waals surface area contributed by atoms with Gasteiger partial charge in [-0.2, -0.15) is 0 Å². The Labute approximate surface area is 200 Å². The van der Waals surface area contributed by atoms with Crippen LogP contribution in [0.1, 0.15) is 31.2 Å². The molecule has 0 aromatic heterocycles. The zero-order valence-electron chi connectivity index (χ0n) is 18.9. The van der Waals surface area contributed by atoms with E-state index in [1.54, 1.807) is 0 Å². The number of carboxylic acids is 2. The van der Waals surface area contributed by atoms with Gasteiger partial charge in [0, 0.05) is 19.4 Å². The zero-order valence-corrected chi connectivity index (χ0v) is 18.9. The Morgan fingerprint density at radius 2 is 1.71 bits per heavy atom. The Morgan fingerprint density at radius 1 is 1.06 bits per heavy atom. The number of aliphatic carboxylic acids is 2. The second kappa shape index (κ2) is 12.7. The summed E-state index contributed by atoms with van der Waals surface area (Å²) >= 11 is 0. The van der Waals surface area contributed by atoms with Crippen molar-refractivity contribution >= 4 is 29.7 Å². The van der Waals surface area contributed by atoms with Crippen LogP contribution in [0.3, 0.4) is 0 Å². The topological polar surface area (TPSA) is 220 Å². The number of aliphatic hydroxyl groups is 1. The lowest BCUT2D eigenvalue weighted by molar-refractivity contribution is -0.144. The van der Waals surface area contributed by atoms with Gasteiger partial charge in [0.15, 0.2) is 0 Å². The first-order valence-corrected chi connectivity index (χ1v) is 11.0. The van der Waals surface area contributed by atoms with Crippen LogP contribution in [0.5, 0.6) is 5.75 Å². The van der Waals surface area contributed by atoms with E-state index in [1.165, 1.54) is 29.2 Å². The van der Waals surface area contributed by atoms with Gasteiger partial charge in [0.05, 0.1) is 6.61 Å². The standard InChI is InChI=1S/C22H30N4O9/c23-14(11-27)21(33)26-9-1-2-17(26)20(32)25-16(10-12-3-5-13(28)6-4-12)19(31)24-15(22(34)35)7-8-18(29)30/h3-6,14-17,27-28H,1-2,7-11,23H2,(H,24,31)(H,25,32)(H,29,30)(H,34,35). The molecule has 1 aromatic carbocycles. The number of phenolic OH excluding ortho intramolecular Hbond substituents is 1. The fourth-order valence-electron chi connectivity index (χ4n) is 3.74. The molecule has 1 aliphatic rings. The van der Waals surface area contributed by atoms with Crippen LogP contribution in [0.4, 0.5) is 0 Å². The van der Waals surface area contributed by atoms with E-state index in [0.29, 0.717) is 18.4 Å². The molecule has 8 N–H and O–H groups in total. The van der Waals surface area contributed by atoms with Gasteiger partial charge in [-0.05, 0) is 37.0 Å². The van der Waals surface area contributed by atoms with Crippen molar-refractivity contribution in [1.82, 2.24) is 15.5 Å². The van der Waals surface area contributed by atoms with E-state index in [1.807, 2.05) is 0 Å². The molecule has 4 unspecified atom stereocenters. The number of nitrogens with zero attached hydrogens (tertiary/aromatic N) is 1. The van der Waals surface area contributed by atoms with Crippen molar-refractivity contribution in [1.29, 1.82) is 0 Å². The lowest BCUT2D eigenvalue weighted by Crippen LogP contribution is -2.57. The summed E-state index contributed by atoms with van der Waals surface area (Å²) in [5, 5.41) is 41.7. The van der Waals surface area contributed by atoms with Crippen molar-refractivity contribution in [2.75, 3.05) is 13.2 Å². The van der Waals surface area contributed by atoms with E-state index in [0.717, 1.165) is 0 Å². The maximum absolute atomic E-state index is 13.0. The largest absolute Gasteiger partial charge is 0.508 e. The van der Waals surface area contributed by atoms with Crippen LogP contribution in [0.25, 0.3) is 0 Å². The quantitative estimate of drug-likeness (QED) is 0.172. The Bertz CT molecular complexity index is 937. The predicted molar refractivity (Wildman–Crippen MR) is 120 cm³/mol. The summed E-state index contributed by atoms with van der Waals surface area (Å²) in [6, 6.07) is 0.925. The van der Waals surface area contributed by atoms with Gasteiger partial charge in [0.25, 0.3) is 0 Å². The summed E-state index contributed by atoms with van der Waals surface area (Å²) in [7, 11) is 0. The number of hydrogen-bond acceptors (Lipinski definition) is 8. The maximum Gasteiger partial charge on any atom is 0.326 e. The number of carbonyl (C=O) groups excluding carboxylic acids is 3. The zero-order chi connectivity index (χ0) is 26.1. The molecule has 1 aliphatic heterocycles. The van der Waals surface area contributed by atoms with Crippen molar-refractivity contribution < 1.29 is 44.4 Å². The number of carbonyl (C=O) groups is 5. The molecular weight excluding hydrogens is 464 g/mol. The number of likely N-dealkylation sites (tertiary alicyclic amines) is 1. The highest BCUT2D eigenvalue weighted by Gasteiger charge is 2.38. The highest BCUT2D eigenvalue weighted by molar-refractivity contribution is 5.94. The summed E-state index contributed by atoms with van der Waals surface area (Å²) in [4.78, 5) is 62.0. The van der Waals surface area contributed by atoms with Crippen molar-refractivity contribution in [2.24, 2.45) is 5.73 Å². The number of phenols is 1. The molecule has 192 valence electrons. The highest BCUT2D eigenvalue weighted by atomic mass is 16.4. The fraction of sp³-hybridized carbons (Fsp3) is 0.500. The lowest BCUT2D eigenvalue weighted by atomic mass is 10.0. The van der Waals surface area contributed by atoms with Gasteiger partial charge >= 0.3 is 11.9 Å². The van der Waals surface area contributed by atoms with Gasteiger partial charge in [0.2, 0.25) is 17.7 Å². The van der Waals surface area contributed by atoms with E-state index in [2.05, 4.69) is 10.6 Å². The Balaban J connectivity index is 2.21. The predicted octanol–water partition coefficient (Wildman–Crippen LogP) is -1.84. The first-order valence-electron chi connectivity index (χ1n) is 11.0. The van der Waals surface area contributed by atoms with E-state index in [-0.39, 0.29) is 25.1 Å². The molecule has 13 nitrogen and oxygen atoms in total. The summed E-state index contributed by atoms with van der Waals surface area (Å²) in [5.41, 5.74) is 6.14. The summed E-state index contributed by atoms with van der Waals surface area (Å²) in [6.07, 6.45) is -0.108. The summed E-state index contributed by atoms with van der Waals surface area (Å²) < 4.78 is 0. The minimum absolute atomic E-state index is 0.0151. The minimum Gasteiger partial charge on any atom is -0.508 e. The second-order valence-electron chi connectivity index (χ2n) is 8.24. The number of rotatable bonds is 12. The van der Waals surface area contributed by atoms with Gasteiger partial charge in [-0.3, -0.25) is 19.2 Å². The van der Waals surface area contributed by atoms with E-state index >= 15 is 0 Å². The number of nitrogens with one attached hydrogen (secondary N) is 2. The minimum atomic E-state index is -1.50. The first kappa shape index (κ1) is 27.5. The third-order valence-corrected chi connectivity index (χ3v) is 5.62. The normalized spacial score (nSPS) is 17.8. The van der Waals surface area contributed by atoms with Crippen LogP contribution in [-0.4, -0.2) is 92.3 Å². The molecule has 1 fully saturated rings. The number of aromatic hydroxyl groups is 1. The molecule has 0 radical (unpaired) electrons. The van der Waals surface area contributed by atoms with E-state index in [4.69, 9.17) is 10.8 Å². The van der Waals surface area contributed by atoms with Crippen LogP contribution in [0.2, 0.25) is 0 Å². The van der Waals surface area contributed by atoms with Crippen molar-refractivity contribution in [2.45, 2.75) is 56.3 Å². The SMILES string of the molecule is NC(CO)C(=O)N1CCCC1C(=O)NC(Cc1ccc(O)cc1)C(=O)NC(CCC(=O)O)C(=O)O. The fourth-order valence-corrected chi connectivity index (χ4v) is 3.74. The molecule has 1 heterocycles. The molecule has 2 rings (SSSR count). The van der Waals surface area contributed by atoms with Gasteiger partial charge in [0.1, 0.15) is 29.9 Å². The van der Waals surface area contributed by atoms with E-state index in [9.17, 15) is 39.3 Å². The molecule has 0 saturated carbocycles. The second-order valence-corrected chi connectivity index (χ2v) is 8.24. The van der Waals surface area contributed by atoms with Crippen molar-refractivity contribution in [3.05, 3.63) is 29.8 Å². The molecule has 0 aliphatic carbocycles. The molecule has 0 spiro atoms. The monoisotopic (exact) mass is 494 g/mol.